The predicted molar refractivity (Wildman–Crippen MR) is 58.5 cm³/mol. The summed E-state index contributed by atoms with van der Waals surface area (Å²) in [4.78, 5) is 1.49. The Kier molecular flexibility index (Phi) is 4.05. The summed E-state index contributed by atoms with van der Waals surface area (Å²) < 4.78 is 5.12. The zero-order valence-electron chi connectivity index (χ0n) is 9.88. The lowest BCUT2D eigenvalue weighted by molar-refractivity contribution is -0.912. The van der Waals surface area contributed by atoms with Gasteiger partial charge in [-0.1, -0.05) is 0 Å². The van der Waals surface area contributed by atoms with Crippen LogP contribution in [0.3, 0.4) is 0 Å². The van der Waals surface area contributed by atoms with Gasteiger partial charge in [0.25, 0.3) is 0 Å². The van der Waals surface area contributed by atoms with Crippen molar-refractivity contribution in [2.75, 3.05) is 20.7 Å². The van der Waals surface area contributed by atoms with E-state index in [1.165, 1.54) is 16.0 Å². The molecule has 0 bridgehead atoms. The molecule has 2 N–H and O–H groups in total. The lowest BCUT2D eigenvalue weighted by Gasteiger charge is -2.29. The number of hydrogen-bond acceptors (Lipinski definition) is 2. The van der Waals surface area contributed by atoms with Crippen molar-refractivity contribution in [3.63, 3.8) is 0 Å². The molecule has 0 spiro atoms. The SMILES string of the molecule is COc1cc2c(cc1O)[C@@H](C)[NH+](C)CC2.[Cl-]. The number of phenols is 1. The molecule has 1 heterocycles. The molecule has 2 atom stereocenters. The fourth-order valence-electron chi connectivity index (χ4n) is 2.22. The third kappa shape index (κ3) is 2.11. The summed E-state index contributed by atoms with van der Waals surface area (Å²) in [5, 5.41) is 9.74. The van der Waals surface area contributed by atoms with Crippen LogP contribution in [0.15, 0.2) is 12.1 Å². The summed E-state index contributed by atoms with van der Waals surface area (Å²) >= 11 is 0. The molecule has 0 saturated heterocycles. The number of rotatable bonds is 1. The molecule has 1 aliphatic heterocycles. The number of likely N-dealkylation sites (N-methyl/N-ethyl adjacent to an activating group) is 1. The first-order chi connectivity index (χ1) is 7.13. The predicted octanol–water partition coefficient (Wildman–Crippen LogP) is -2.46. The van der Waals surface area contributed by atoms with Crippen molar-refractivity contribution in [3.8, 4) is 11.5 Å². The van der Waals surface area contributed by atoms with Crippen molar-refractivity contribution >= 4 is 0 Å². The van der Waals surface area contributed by atoms with Gasteiger partial charge in [0.15, 0.2) is 11.5 Å². The first-order valence-electron chi connectivity index (χ1n) is 5.35. The van der Waals surface area contributed by atoms with E-state index in [1.54, 1.807) is 7.11 Å². The maximum atomic E-state index is 9.74. The molecule has 1 aromatic rings. The van der Waals surface area contributed by atoms with E-state index in [0.717, 1.165) is 13.0 Å². The average molecular weight is 244 g/mol. The molecule has 2 rings (SSSR count). The molecule has 4 heteroatoms. The van der Waals surface area contributed by atoms with Gasteiger partial charge in [0, 0.05) is 12.0 Å². The summed E-state index contributed by atoms with van der Waals surface area (Å²) in [6.45, 7) is 3.33. The number of fused-ring (bicyclic) bond motifs is 1. The van der Waals surface area contributed by atoms with Crippen molar-refractivity contribution in [1.82, 2.24) is 0 Å². The Bertz CT molecular complexity index is 382. The van der Waals surface area contributed by atoms with E-state index in [-0.39, 0.29) is 18.2 Å². The summed E-state index contributed by atoms with van der Waals surface area (Å²) in [6.07, 6.45) is 1.06. The van der Waals surface area contributed by atoms with Gasteiger partial charge in [0.1, 0.15) is 6.04 Å². The van der Waals surface area contributed by atoms with Gasteiger partial charge < -0.3 is 27.2 Å². The molecule has 90 valence electrons. The van der Waals surface area contributed by atoms with Crippen LogP contribution in [0.2, 0.25) is 0 Å². The highest BCUT2D eigenvalue weighted by Gasteiger charge is 2.25. The summed E-state index contributed by atoms with van der Waals surface area (Å²) in [6, 6.07) is 4.26. The van der Waals surface area contributed by atoms with Crippen LogP contribution in [-0.4, -0.2) is 25.8 Å². The van der Waals surface area contributed by atoms with E-state index in [1.807, 2.05) is 12.1 Å². The van der Waals surface area contributed by atoms with E-state index < -0.39 is 0 Å². The van der Waals surface area contributed by atoms with Crippen molar-refractivity contribution in [1.29, 1.82) is 0 Å². The Labute approximate surface area is 102 Å². The molecule has 0 amide bonds. The molecule has 1 unspecified atom stereocenters. The molecule has 1 aromatic carbocycles. The Morgan fingerprint density at radius 2 is 2.12 bits per heavy atom. The molecule has 1 aliphatic rings. The van der Waals surface area contributed by atoms with Crippen molar-refractivity contribution in [2.24, 2.45) is 0 Å². The highest BCUT2D eigenvalue weighted by molar-refractivity contribution is 5.47. The van der Waals surface area contributed by atoms with Gasteiger partial charge in [-0.2, -0.15) is 0 Å². The van der Waals surface area contributed by atoms with Crippen molar-refractivity contribution < 1.29 is 27.2 Å². The third-order valence-corrected chi connectivity index (χ3v) is 3.44. The number of quaternary nitrogens is 1. The first kappa shape index (κ1) is 13.1. The number of phenolic OH excluding ortho intramolecular Hbond substituents is 1. The Balaban J connectivity index is 0.00000128. The van der Waals surface area contributed by atoms with Crippen LogP contribution in [-0.2, 0) is 6.42 Å². The lowest BCUT2D eigenvalue weighted by Crippen LogP contribution is -3.10. The minimum Gasteiger partial charge on any atom is -1.00 e. The molecule has 3 nitrogen and oxygen atoms in total. The number of nitrogens with one attached hydrogen (secondary N) is 1. The smallest absolute Gasteiger partial charge is 0.160 e. The summed E-state index contributed by atoms with van der Waals surface area (Å²) in [7, 11) is 3.78. The molecule has 0 aromatic heterocycles. The van der Waals surface area contributed by atoms with Gasteiger partial charge in [-0.15, -0.1) is 0 Å². The monoisotopic (exact) mass is 243 g/mol. The lowest BCUT2D eigenvalue weighted by atomic mass is 9.93. The molecule has 16 heavy (non-hydrogen) atoms. The van der Waals surface area contributed by atoms with E-state index in [2.05, 4.69) is 14.0 Å². The van der Waals surface area contributed by atoms with E-state index in [0.29, 0.717) is 11.8 Å². The number of halogens is 1. The van der Waals surface area contributed by atoms with Gasteiger partial charge in [-0.25, -0.2) is 0 Å². The Morgan fingerprint density at radius 3 is 2.75 bits per heavy atom. The second kappa shape index (κ2) is 4.93. The van der Waals surface area contributed by atoms with Gasteiger partial charge >= 0.3 is 0 Å². The minimum atomic E-state index is 0. The number of ether oxygens (including phenoxy) is 1. The van der Waals surface area contributed by atoms with Crippen LogP contribution in [0.25, 0.3) is 0 Å². The molecular formula is C12H18ClNO2. The fraction of sp³-hybridized carbons (Fsp3) is 0.500. The minimum absolute atomic E-state index is 0. The molecule has 0 saturated carbocycles. The normalized spacial score (nSPS) is 23.2. The van der Waals surface area contributed by atoms with Crippen LogP contribution < -0.4 is 22.0 Å². The Morgan fingerprint density at radius 1 is 1.44 bits per heavy atom. The number of methoxy groups -OCH3 is 1. The molecule has 0 fully saturated rings. The Hall–Kier alpha value is -0.930. The largest absolute Gasteiger partial charge is 1.00 e. The number of aromatic hydroxyl groups is 1. The number of benzene rings is 1. The van der Waals surface area contributed by atoms with E-state index in [9.17, 15) is 5.11 Å². The molecular weight excluding hydrogens is 226 g/mol. The van der Waals surface area contributed by atoms with Crippen LogP contribution in [0.4, 0.5) is 0 Å². The summed E-state index contributed by atoms with van der Waals surface area (Å²) in [5.74, 6) is 0.832. The second-order valence-electron chi connectivity index (χ2n) is 4.29. The van der Waals surface area contributed by atoms with Crippen LogP contribution >= 0.6 is 0 Å². The van der Waals surface area contributed by atoms with Crippen LogP contribution in [0, 0.1) is 0 Å². The molecule has 0 radical (unpaired) electrons. The third-order valence-electron chi connectivity index (χ3n) is 3.44. The van der Waals surface area contributed by atoms with E-state index in [4.69, 9.17) is 4.74 Å². The average Bonchev–Trinajstić information content (AvgIpc) is 2.24. The maximum absolute atomic E-state index is 9.74. The highest BCUT2D eigenvalue weighted by Crippen LogP contribution is 2.32. The summed E-state index contributed by atoms with van der Waals surface area (Å²) in [5.41, 5.74) is 2.56. The number of hydrogen-bond donors (Lipinski definition) is 2. The molecule has 0 aliphatic carbocycles. The van der Waals surface area contributed by atoms with Gasteiger partial charge in [0.2, 0.25) is 0 Å². The fourth-order valence-corrected chi connectivity index (χ4v) is 2.22. The zero-order valence-corrected chi connectivity index (χ0v) is 10.6. The van der Waals surface area contributed by atoms with Crippen molar-refractivity contribution in [3.05, 3.63) is 23.3 Å². The first-order valence-corrected chi connectivity index (χ1v) is 5.35. The van der Waals surface area contributed by atoms with Crippen LogP contribution in [0.1, 0.15) is 24.1 Å². The standard InChI is InChI=1S/C12H17NO2.ClH/c1-8-10-7-11(14)12(15-3)6-9(10)4-5-13(8)2;/h6-8,14H,4-5H2,1-3H3;1H/t8-;/m1./s1. The van der Waals surface area contributed by atoms with E-state index >= 15 is 0 Å². The highest BCUT2D eigenvalue weighted by atomic mass is 35.5. The van der Waals surface area contributed by atoms with Crippen molar-refractivity contribution in [2.45, 2.75) is 19.4 Å². The topological polar surface area (TPSA) is 33.9 Å². The van der Waals surface area contributed by atoms with Gasteiger partial charge in [-0.05, 0) is 24.6 Å². The quantitative estimate of drug-likeness (QED) is 0.574. The maximum Gasteiger partial charge on any atom is 0.160 e. The van der Waals surface area contributed by atoms with Gasteiger partial charge in [-0.3, -0.25) is 0 Å². The second-order valence-corrected chi connectivity index (χ2v) is 4.29. The zero-order chi connectivity index (χ0) is 11.0. The van der Waals surface area contributed by atoms with Gasteiger partial charge in [0.05, 0.1) is 20.7 Å². The van der Waals surface area contributed by atoms with Crippen LogP contribution in [0.5, 0.6) is 11.5 Å².